The predicted molar refractivity (Wildman–Crippen MR) is 57.6 cm³/mol. The van der Waals surface area contributed by atoms with Crippen LogP contribution in [0.25, 0.3) is 0 Å². The topological polar surface area (TPSA) is 25.8 Å². The van der Waals surface area contributed by atoms with Gasteiger partial charge in [-0.05, 0) is 31.7 Å². The van der Waals surface area contributed by atoms with Crippen molar-refractivity contribution < 1.29 is 0 Å². The zero-order chi connectivity index (χ0) is 9.97. The van der Waals surface area contributed by atoms with E-state index in [0.717, 1.165) is 17.9 Å². The van der Waals surface area contributed by atoms with Gasteiger partial charge in [-0.2, -0.15) is 0 Å². The van der Waals surface area contributed by atoms with Crippen LogP contribution in [0.1, 0.15) is 50.0 Å². The second-order valence-corrected chi connectivity index (χ2v) is 4.31. The highest BCUT2D eigenvalue weighted by Gasteiger charge is 2.27. The number of unbranched alkanes of at least 4 members (excludes halogenated alkanes) is 1. The van der Waals surface area contributed by atoms with Crippen molar-refractivity contribution in [3.8, 4) is 0 Å². The Labute approximate surface area is 89.7 Å². The van der Waals surface area contributed by atoms with Crippen molar-refractivity contribution >= 4 is 11.6 Å². The fraction of sp³-hybridized carbons (Fsp3) is 0.636. The zero-order valence-corrected chi connectivity index (χ0v) is 9.22. The van der Waals surface area contributed by atoms with Crippen molar-refractivity contribution in [1.29, 1.82) is 0 Å². The van der Waals surface area contributed by atoms with E-state index in [-0.39, 0.29) is 0 Å². The van der Waals surface area contributed by atoms with E-state index in [4.69, 9.17) is 11.6 Å². The van der Waals surface area contributed by atoms with Crippen molar-refractivity contribution in [2.45, 2.75) is 44.9 Å². The second kappa shape index (κ2) is 4.26. The summed E-state index contributed by atoms with van der Waals surface area (Å²) in [6.07, 6.45) is 5.86. The average molecular weight is 211 g/mol. The summed E-state index contributed by atoms with van der Waals surface area (Å²) in [5.41, 5.74) is 1.11. The van der Waals surface area contributed by atoms with E-state index in [0.29, 0.717) is 11.1 Å². The lowest BCUT2D eigenvalue weighted by atomic mass is 10.2. The summed E-state index contributed by atoms with van der Waals surface area (Å²) < 4.78 is 0. The van der Waals surface area contributed by atoms with E-state index in [1.807, 2.05) is 6.07 Å². The molecule has 1 saturated carbocycles. The van der Waals surface area contributed by atoms with E-state index in [1.54, 1.807) is 0 Å². The molecule has 0 spiro atoms. The molecule has 14 heavy (non-hydrogen) atoms. The van der Waals surface area contributed by atoms with Gasteiger partial charge in [0.25, 0.3) is 0 Å². The fourth-order valence-electron chi connectivity index (χ4n) is 1.49. The first kappa shape index (κ1) is 9.91. The summed E-state index contributed by atoms with van der Waals surface area (Å²) >= 11 is 5.95. The van der Waals surface area contributed by atoms with E-state index in [1.165, 1.54) is 25.7 Å². The van der Waals surface area contributed by atoms with Gasteiger partial charge in [-0.25, -0.2) is 9.97 Å². The number of rotatable bonds is 4. The Bertz CT molecular complexity index is 321. The highest BCUT2D eigenvalue weighted by molar-refractivity contribution is 6.29. The first-order valence-electron chi connectivity index (χ1n) is 5.33. The molecule has 3 heteroatoms. The molecule has 0 amide bonds. The standard InChI is InChI=1S/C11H15ClN2/c1-2-3-4-9-7-10(12)14-11(13-9)8-5-6-8/h7-8H,2-6H2,1H3. The summed E-state index contributed by atoms with van der Waals surface area (Å²) in [4.78, 5) is 8.80. The lowest BCUT2D eigenvalue weighted by molar-refractivity contribution is 0.760. The lowest BCUT2D eigenvalue weighted by Gasteiger charge is -2.03. The van der Waals surface area contributed by atoms with Crippen molar-refractivity contribution in [3.05, 3.63) is 22.7 Å². The zero-order valence-electron chi connectivity index (χ0n) is 8.46. The van der Waals surface area contributed by atoms with Crippen LogP contribution in [0.2, 0.25) is 5.15 Å². The highest BCUT2D eigenvalue weighted by atomic mass is 35.5. The van der Waals surface area contributed by atoms with Crippen molar-refractivity contribution in [2.75, 3.05) is 0 Å². The molecular weight excluding hydrogens is 196 g/mol. The van der Waals surface area contributed by atoms with Gasteiger partial charge in [0.15, 0.2) is 0 Å². The molecule has 1 aliphatic rings. The summed E-state index contributed by atoms with van der Waals surface area (Å²) in [5, 5.41) is 0.605. The highest BCUT2D eigenvalue weighted by Crippen LogP contribution is 2.38. The predicted octanol–water partition coefficient (Wildman–Crippen LogP) is 3.35. The Balaban J connectivity index is 2.13. The molecule has 0 radical (unpaired) electrons. The van der Waals surface area contributed by atoms with Gasteiger partial charge in [-0.15, -0.1) is 0 Å². The Morgan fingerprint density at radius 1 is 1.43 bits per heavy atom. The van der Waals surface area contributed by atoms with E-state index in [9.17, 15) is 0 Å². The van der Waals surface area contributed by atoms with Crippen LogP contribution >= 0.6 is 11.6 Å². The quantitative estimate of drug-likeness (QED) is 0.713. The van der Waals surface area contributed by atoms with Gasteiger partial charge >= 0.3 is 0 Å². The molecule has 0 aliphatic heterocycles. The van der Waals surface area contributed by atoms with Gasteiger partial charge in [0.1, 0.15) is 11.0 Å². The fourth-order valence-corrected chi connectivity index (χ4v) is 1.71. The molecule has 1 fully saturated rings. The van der Waals surface area contributed by atoms with E-state index >= 15 is 0 Å². The van der Waals surface area contributed by atoms with Crippen LogP contribution in [0.4, 0.5) is 0 Å². The molecule has 0 N–H and O–H groups in total. The van der Waals surface area contributed by atoms with Gasteiger partial charge in [0, 0.05) is 11.6 Å². The molecule has 2 nitrogen and oxygen atoms in total. The maximum absolute atomic E-state index is 5.95. The molecule has 0 bridgehead atoms. The lowest BCUT2D eigenvalue weighted by Crippen LogP contribution is -1.98. The second-order valence-electron chi connectivity index (χ2n) is 3.92. The van der Waals surface area contributed by atoms with Gasteiger partial charge in [0.2, 0.25) is 0 Å². The van der Waals surface area contributed by atoms with Crippen molar-refractivity contribution in [1.82, 2.24) is 9.97 Å². The Morgan fingerprint density at radius 2 is 2.21 bits per heavy atom. The molecule has 1 aromatic heterocycles. The first-order chi connectivity index (χ1) is 6.79. The number of nitrogens with zero attached hydrogens (tertiary/aromatic N) is 2. The summed E-state index contributed by atoms with van der Waals surface area (Å²) in [6, 6.07) is 1.89. The number of hydrogen-bond donors (Lipinski definition) is 0. The number of halogens is 1. The first-order valence-corrected chi connectivity index (χ1v) is 5.70. The van der Waals surface area contributed by atoms with E-state index < -0.39 is 0 Å². The molecule has 0 aromatic carbocycles. The normalized spacial score (nSPS) is 15.9. The summed E-state index contributed by atoms with van der Waals surface area (Å²) in [5.74, 6) is 1.55. The number of hydrogen-bond acceptors (Lipinski definition) is 2. The third-order valence-electron chi connectivity index (χ3n) is 2.49. The monoisotopic (exact) mass is 210 g/mol. The van der Waals surface area contributed by atoms with Gasteiger partial charge < -0.3 is 0 Å². The van der Waals surface area contributed by atoms with Crippen molar-refractivity contribution in [3.63, 3.8) is 0 Å². The molecule has 0 saturated heterocycles. The molecular formula is C11H15ClN2. The maximum Gasteiger partial charge on any atom is 0.133 e. The van der Waals surface area contributed by atoms with Crippen molar-refractivity contribution in [2.24, 2.45) is 0 Å². The van der Waals surface area contributed by atoms with Crippen LogP contribution in [0.15, 0.2) is 6.07 Å². The largest absolute Gasteiger partial charge is 0.238 e. The molecule has 1 heterocycles. The minimum atomic E-state index is 0.592. The number of aryl methyl sites for hydroxylation is 1. The third-order valence-corrected chi connectivity index (χ3v) is 2.69. The number of aromatic nitrogens is 2. The van der Waals surface area contributed by atoms with Crippen LogP contribution in [0, 0.1) is 0 Å². The Hall–Kier alpha value is -0.630. The molecule has 1 aromatic rings. The maximum atomic E-state index is 5.95. The van der Waals surface area contributed by atoms with Gasteiger partial charge in [-0.3, -0.25) is 0 Å². The van der Waals surface area contributed by atoms with Crippen LogP contribution in [-0.2, 0) is 6.42 Å². The minimum absolute atomic E-state index is 0.592. The SMILES string of the molecule is CCCCc1cc(Cl)nc(C2CC2)n1. The van der Waals surface area contributed by atoms with Gasteiger partial charge in [-0.1, -0.05) is 24.9 Å². The Kier molecular flexibility index (Phi) is 3.02. The Morgan fingerprint density at radius 3 is 2.86 bits per heavy atom. The third kappa shape index (κ3) is 2.44. The minimum Gasteiger partial charge on any atom is -0.238 e. The smallest absolute Gasteiger partial charge is 0.133 e. The van der Waals surface area contributed by atoms with Crippen LogP contribution in [-0.4, -0.2) is 9.97 Å². The van der Waals surface area contributed by atoms with Crippen LogP contribution in [0.5, 0.6) is 0 Å². The molecule has 0 atom stereocenters. The average Bonchev–Trinajstić information content (AvgIpc) is 2.97. The van der Waals surface area contributed by atoms with E-state index in [2.05, 4.69) is 16.9 Å². The summed E-state index contributed by atoms with van der Waals surface area (Å²) in [6.45, 7) is 2.19. The summed E-state index contributed by atoms with van der Waals surface area (Å²) in [7, 11) is 0. The molecule has 0 unspecified atom stereocenters. The molecule has 1 aliphatic carbocycles. The molecule has 2 rings (SSSR count). The molecule has 76 valence electrons. The van der Waals surface area contributed by atoms with Crippen LogP contribution in [0.3, 0.4) is 0 Å². The van der Waals surface area contributed by atoms with Crippen LogP contribution < -0.4 is 0 Å². The van der Waals surface area contributed by atoms with Gasteiger partial charge in [0.05, 0.1) is 0 Å².